The van der Waals surface area contributed by atoms with Crippen LogP contribution in [0.3, 0.4) is 0 Å². The number of nitrogens with zero attached hydrogens (tertiary/aromatic N) is 4. The number of hydrogen-bond donors (Lipinski definition) is 1. The third kappa shape index (κ3) is 2.79. The number of rotatable bonds is 6. The Hall–Kier alpha value is -1.62. The third-order valence-electron chi connectivity index (χ3n) is 3.34. The van der Waals surface area contributed by atoms with Gasteiger partial charge in [0.15, 0.2) is 0 Å². The van der Waals surface area contributed by atoms with Crippen molar-refractivity contribution < 1.29 is 0 Å². The lowest BCUT2D eigenvalue weighted by atomic mass is 10.3. The van der Waals surface area contributed by atoms with Crippen molar-refractivity contribution in [3.63, 3.8) is 0 Å². The minimum atomic E-state index is 0.751. The van der Waals surface area contributed by atoms with Gasteiger partial charge in [-0.1, -0.05) is 0 Å². The Balaban J connectivity index is 1.51. The van der Waals surface area contributed by atoms with Gasteiger partial charge in [-0.15, -0.1) is 0 Å². The molecule has 0 saturated heterocycles. The van der Waals surface area contributed by atoms with E-state index in [0.29, 0.717) is 0 Å². The summed E-state index contributed by atoms with van der Waals surface area (Å²) < 4.78 is 4.05. The molecule has 3 rings (SSSR count). The van der Waals surface area contributed by atoms with Gasteiger partial charge < -0.3 is 9.88 Å². The molecule has 1 saturated carbocycles. The highest BCUT2D eigenvalue weighted by Gasteiger charge is 2.20. The van der Waals surface area contributed by atoms with E-state index in [4.69, 9.17) is 0 Å². The molecule has 18 heavy (non-hydrogen) atoms. The van der Waals surface area contributed by atoms with Crippen molar-refractivity contribution in [3.05, 3.63) is 36.2 Å². The summed E-state index contributed by atoms with van der Waals surface area (Å²) in [6, 6.07) is 0.751. The van der Waals surface area contributed by atoms with Gasteiger partial charge in [0.05, 0.1) is 6.20 Å². The van der Waals surface area contributed by atoms with Gasteiger partial charge in [0.2, 0.25) is 0 Å². The van der Waals surface area contributed by atoms with Crippen molar-refractivity contribution in [2.24, 2.45) is 7.05 Å². The van der Waals surface area contributed by atoms with Gasteiger partial charge in [0.25, 0.3) is 0 Å². The molecular formula is C13H19N5. The predicted molar refractivity (Wildman–Crippen MR) is 69.0 cm³/mol. The quantitative estimate of drug-likeness (QED) is 0.829. The maximum atomic E-state index is 4.38. The van der Waals surface area contributed by atoms with Gasteiger partial charge in [-0.2, -0.15) is 5.10 Å². The molecule has 2 aromatic rings. The summed E-state index contributed by atoms with van der Waals surface area (Å²) in [5.41, 5.74) is 1.27. The fraction of sp³-hybridized carbons (Fsp3) is 0.538. The minimum Gasteiger partial charge on any atom is -0.338 e. The Bertz CT molecular complexity index is 509. The molecule has 2 heterocycles. The summed E-state index contributed by atoms with van der Waals surface area (Å²) in [6.07, 6.45) is 11.5. The van der Waals surface area contributed by atoms with Gasteiger partial charge in [-0.3, -0.25) is 4.68 Å². The van der Waals surface area contributed by atoms with E-state index in [9.17, 15) is 0 Å². The van der Waals surface area contributed by atoms with Crippen molar-refractivity contribution >= 4 is 0 Å². The zero-order chi connectivity index (χ0) is 12.4. The Labute approximate surface area is 107 Å². The topological polar surface area (TPSA) is 47.7 Å². The summed E-state index contributed by atoms with van der Waals surface area (Å²) in [6.45, 7) is 1.82. The molecule has 0 bridgehead atoms. The van der Waals surface area contributed by atoms with Gasteiger partial charge in [-0.25, -0.2) is 4.98 Å². The first-order chi connectivity index (χ1) is 8.81. The normalized spacial score (nSPS) is 15.2. The number of imidazole rings is 1. The number of nitrogens with one attached hydrogen (secondary N) is 1. The van der Waals surface area contributed by atoms with Crippen LogP contribution in [0.2, 0.25) is 0 Å². The Morgan fingerprint density at radius 3 is 3.06 bits per heavy atom. The average Bonchev–Trinajstić information content (AvgIpc) is 2.94. The molecule has 0 unspecified atom stereocenters. The number of hydrogen-bond acceptors (Lipinski definition) is 3. The Morgan fingerprint density at radius 1 is 1.44 bits per heavy atom. The van der Waals surface area contributed by atoms with Gasteiger partial charge in [0.1, 0.15) is 5.82 Å². The highest BCUT2D eigenvalue weighted by molar-refractivity contribution is 5.04. The van der Waals surface area contributed by atoms with Crippen LogP contribution in [-0.4, -0.2) is 25.4 Å². The molecular weight excluding hydrogens is 226 g/mol. The van der Waals surface area contributed by atoms with E-state index in [-0.39, 0.29) is 0 Å². The van der Waals surface area contributed by atoms with Crippen LogP contribution in [0.1, 0.15) is 24.2 Å². The van der Waals surface area contributed by atoms with Crippen LogP contribution in [0.5, 0.6) is 0 Å². The van der Waals surface area contributed by atoms with E-state index in [0.717, 1.165) is 31.4 Å². The number of aryl methyl sites for hydroxylation is 3. The first kappa shape index (κ1) is 11.5. The zero-order valence-electron chi connectivity index (χ0n) is 10.7. The first-order valence-electron chi connectivity index (χ1n) is 6.52. The van der Waals surface area contributed by atoms with Gasteiger partial charge in [-0.05, 0) is 12.8 Å². The number of aromatic nitrogens is 4. The van der Waals surface area contributed by atoms with Crippen LogP contribution in [0, 0.1) is 0 Å². The highest BCUT2D eigenvalue weighted by atomic mass is 15.3. The van der Waals surface area contributed by atoms with Gasteiger partial charge >= 0.3 is 0 Å². The average molecular weight is 245 g/mol. The molecule has 0 amide bonds. The summed E-state index contributed by atoms with van der Waals surface area (Å²) in [7, 11) is 2.02. The SMILES string of the molecule is Cn1ccnc1CCn1cc(CNC2CC2)cn1. The molecule has 1 aliphatic rings. The van der Waals surface area contributed by atoms with E-state index in [1.807, 2.05) is 30.3 Å². The molecule has 96 valence electrons. The second kappa shape index (κ2) is 4.94. The molecule has 0 aliphatic heterocycles. The van der Waals surface area contributed by atoms with E-state index in [2.05, 4.69) is 26.2 Å². The Kier molecular flexibility index (Phi) is 3.15. The monoisotopic (exact) mass is 245 g/mol. The molecule has 1 aliphatic carbocycles. The smallest absolute Gasteiger partial charge is 0.110 e. The fourth-order valence-corrected chi connectivity index (χ4v) is 2.02. The maximum absolute atomic E-state index is 4.38. The summed E-state index contributed by atoms with van der Waals surface area (Å²) in [4.78, 5) is 4.31. The van der Waals surface area contributed by atoms with Crippen molar-refractivity contribution in [3.8, 4) is 0 Å². The minimum absolute atomic E-state index is 0.751. The first-order valence-corrected chi connectivity index (χ1v) is 6.52. The lowest BCUT2D eigenvalue weighted by molar-refractivity contribution is 0.588. The standard InChI is InChI=1S/C13H19N5/c1-17-7-5-14-13(17)4-6-18-10-11(9-16-18)8-15-12-2-3-12/h5,7,9-10,12,15H,2-4,6,8H2,1H3. The molecule has 0 radical (unpaired) electrons. The third-order valence-corrected chi connectivity index (χ3v) is 3.34. The second-order valence-corrected chi connectivity index (χ2v) is 4.97. The van der Waals surface area contributed by atoms with Crippen LogP contribution in [0.4, 0.5) is 0 Å². The predicted octanol–water partition coefficient (Wildman–Crippen LogP) is 1.11. The van der Waals surface area contributed by atoms with Crippen molar-refractivity contribution in [1.82, 2.24) is 24.6 Å². The van der Waals surface area contributed by atoms with Crippen molar-refractivity contribution in [2.75, 3.05) is 0 Å². The molecule has 1 fully saturated rings. The highest BCUT2D eigenvalue weighted by Crippen LogP contribution is 2.19. The molecule has 0 atom stereocenters. The molecule has 5 nitrogen and oxygen atoms in total. The van der Waals surface area contributed by atoms with E-state index < -0.39 is 0 Å². The van der Waals surface area contributed by atoms with Crippen LogP contribution < -0.4 is 5.32 Å². The summed E-state index contributed by atoms with van der Waals surface area (Å²) in [5, 5.41) is 7.88. The van der Waals surface area contributed by atoms with Crippen molar-refractivity contribution in [1.29, 1.82) is 0 Å². The lowest BCUT2D eigenvalue weighted by Crippen LogP contribution is -2.14. The van der Waals surface area contributed by atoms with E-state index >= 15 is 0 Å². The largest absolute Gasteiger partial charge is 0.338 e. The summed E-state index contributed by atoms with van der Waals surface area (Å²) in [5.74, 6) is 1.10. The fourth-order valence-electron chi connectivity index (χ4n) is 2.02. The van der Waals surface area contributed by atoms with Crippen LogP contribution in [0.15, 0.2) is 24.8 Å². The molecule has 2 aromatic heterocycles. The maximum Gasteiger partial charge on any atom is 0.110 e. The van der Waals surface area contributed by atoms with Crippen LogP contribution >= 0.6 is 0 Å². The Morgan fingerprint density at radius 2 is 2.33 bits per heavy atom. The lowest BCUT2D eigenvalue weighted by Gasteiger charge is -2.02. The van der Waals surface area contributed by atoms with Crippen LogP contribution in [-0.2, 0) is 26.6 Å². The molecule has 1 N–H and O–H groups in total. The zero-order valence-corrected chi connectivity index (χ0v) is 10.7. The van der Waals surface area contributed by atoms with E-state index in [1.54, 1.807) is 0 Å². The van der Waals surface area contributed by atoms with Crippen molar-refractivity contribution in [2.45, 2.75) is 38.4 Å². The molecule has 0 aromatic carbocycles. The van der Waals surface area contributed by atoms with Gasteiger partial charge in [0, 0.05) is 56.8 Å². The van der Waals surface area contributed by atoms with Crippen LogP contribution in [0.25, 0.3) is 0 Å². The molecule has 5 heteroatoms. The second-order valence-electron chi connectivity index (χ2n) is 4.97. The van der Waals surface area contributed by atoms with E-state index in [1.165, 1.54) is 18.4 Å². The molecule has 0 spiro atoms. The summed E-state index contributed by atoms with van der Waals surface area (Å²) >= 11 is 0.